The number of carbonyl (C=O) groups is 1. The van der Waals surface area contributed by atoms with E-state index in [1.54, 1.807) is 17.8 Å². The molecule has 5 rings (SSSR count). The topological polar surface area (TPSA) is 97.5 Å². The van der Waals surface area contributed by atoms with Crippen LogP contribution in [0.3, 0.4) is 0 Å². The zero-order valence-electron chi connectivity index (χ0n) is 24.3. The Morgan fingerprint density at radius 1 is 1.15 bits per heavy atom. The van der Waals surface area contributed by atoms with E-state index in [1.165, 1.54) is 0 Å². The summed E-state index contributed by atoms with van der Waals surface area (Å²) < 4.78 is 7.55. The Labute approximate surface area is 240 Å². The molecule has 0 aliphatic carbocycles. The average molecular weight is 553 g/mol. The number of nitrogens with one attached hydrogen (secondary N) is 1. The molecule has 9 heteroatoms. The SMILES string of the molecule is [C-]#[N+]c1ccc(N2C(=O)C[C@@H](Cc3ccc(OCC)c(-c4nc5c(CCC)nn(C)c5c(=O)[nH]4)c3)[C@@H]2CC)cc1C. The number of ether oxygens (including phenoxy) is 1. The first-order chi connectivity index (χ1) is 19.8. The number of benzene rings is 2. The van der Waals surface area contributed by atoms with Gasteiger partial charge in [0.15, 0.2) is 11.2 Å². The van der Waals surface area contributed by atoms with Crippen molar-refractivity contribution in [1.82, 2.24) is 19.7 Å². The van der Waals surface area contributed by atoms with Crippen LogP contribution < -0.4 is 15.2 Å². The number of hydrogen-bond donors (Lipinski definition) is 1. The number of fused-ring (bicyclic) bond motifs is 1. The van der Waals surface area contributed by atoms with E-state index in [4.69, 9.17) is 16.3 Å². The zero-order chi connectivity index (χ0) is 29.3. The highest BCUT2D eigenvalue weighted by Crippen LogP contribution is 2.38. The molecule has 0 radical (unpaired) electrons. The predicted molar refractivity (Wildman–Crippen MR) is 161 cm³/mol. The van der Waals surface area contributed by atoms with Crippen molar-refractivity contribution in [2.24, 2.45) is 13.0 Å². The van der Waals surface area contributed by atoms with E-state index < -0.39 is 0 Å². The first-order valence-corrected chi connectivity index (χ1v) is 14.3. The Morgan fingerprint density at radius 2 is 1.95 bits per heavy atom. The molecule has 2 aromatic carbocycles. The Morgan fingerprint density at radius 3 is 2.63 bits per heavy atom. The lowest BCUT2D eigenvalue weighted by atomic mass is 9.90. The maximum absolute atomic E-state index is 13.3. The molecule has 3 heterocycles. The Balaban J connectivity index is 1.51. The smallest absolute Gasteiger partial charge is 0.277 e. The fraction of sp³-hybridized carbons (Fsp3) is 0.406. The minimum atomic E-state index is -0.238. The second-order valence-electron chi connectivity index (χ2n) is 10.7. The van der Waals surface area contributed by atoms with Gasteiger partial charge in [0.05, 0.1) is 24.4 Å². The van der Waals surface area contributed by atoms with E-state index in [1.807, 2.05) is 49.1 Å². The summed E-state index contributed by atoms with van der Waals surface area (Å²) in [5, 5.41) is 4.54. The van der Waals surface area contributed by atoms with Crippen LogP contribution in [0.25, 0.3) is 27.3 Å². The third kappa shape index (κ3) is 5.22. The summed E-state index contributed by atoms with van der Waals surface area (Å²) in [7, 11) is 1.76. The summed E-state index contributed by atoms with van der Waals surface area (Å²) in [6.45, 7) is 15.8. The van der Waals surface area contributed by atoms with Gasteiger partial charge in [0, 0.05) is 25.2 Å². The Kier molecular flexibility index (Phi) is 7.93. The standard InChI is InChI=1S/C32H36N6O3/c1-7-10-25-29-30(37(6)36-25)32(40)35-31(34-29)23-17-20(11-14-27(23)41-9-3)16-21-18-28(39)38(26(21)8-2)22-12-13-24(33-5)19(4)15-22/h11-15,17,21,26H,7-10,16,18H2,1-4,6H3,(H,34,35,40)/t21-,26+/m1/s1. The van der Waals surface area contributed by atoms with E-state index in [0.717, 1.165) is 41.8 Å². The third-order valence-corrected chi connectivity index (χ3v) is 7.92. The highest BCUT2D eigenvalue weighted by molar-refractivity contribution is 5.97. The average Bonchev–Trinajstić information content (AvgIpc) is 3.44. The summed E-state index contributed by atoms with van der Waals surface area (Å²) in [4.78, 5) is 39.7. The number of anilines is 1. The molecule has 9 nitrogen and oxygen atoms in total. The van der Waals surface area contributed by atoms with Gasteiger partial charge in [-0.3, -0.25) is 14.3 Å². The lowest BCUT2D eigenvalue weighted by Crippen LogP contribution is -2.35. The van der Waals surface area contributed by atoms with Crippen molar-refractivity contribution < 1.29 is 9.53 Å². The number of aromatic amines is 1. The van der Waals surface area contributed by atoms with Crippen LogP contribution in [0, 0.1) is 19.4 Å². The molecular formula is C32H36N6O3. The highest BCUT2D eigenvalue weighted by Gasteiger charge is 2.39. The van der Waals surface area contributed by atoms with Crippen LogP contribution in [0.4, 0.5) is 11.4 Å². The van der Waals surface area contributed by atoms with Crippen molar-refractivity contribution in [3.05, 3.63) is 75.0 Å². The quantitative estimate of drug-likeness (QED) is 0.261. The molecule has 4 aromatic rings. The maximum atomic E-state index is 13.3. The van der Waals surface area contributed by atoms with E-state index in [2.05, 4.69) is 28.8 Å². The van der Waals surface area contributed by atoms with Crippen LogP contribution in [-0.4, -0.2) is 38.3 Å². The van der Waals surface area contributed by atoms with Crippen LogP contribution in [0.2, 0.25) is 0 Å². The van der Waals surface area contributed by atoms with Gasteiger partial charge in [-0.05, 0) is 74.4 Å². The predicted octanol–water partition coefficient (Wildman–Crippen LogP) is 5.91. The first kappa shape index (κ1) is 28.1. The second kappa shape index (κ2) is 11.6. The van der Waals surface area contributed by atoms with Crippen LogP contribution in [0.15, 0.2) is 41.2 Å². The zero-order valence-corrected chi connectivity index (χ0v) is 24.3. The van der Waals surface area contributed by atoms with Crippen molar-refractivity contribution in [1.29, 1.82) is 0 Å². The minimum absolute atomic E-state index is 0.0389. The van der Waals surface area contributed by atoms with Crippen LogP contribution >= 0.6 is 0 Å². The van der Waals surface area contributed by atoms with Gasteiger partial charge in [0.1, 0.15) is 17.1 Å². The molecule has 0 saturated carbocycles. The van der Waals surface area contributed by atoms with E-state index >= 15 is 0 Å². The van der Waals surface area contributed by atoms with Gasteiger partial charge in [-0.2, -0.15) is 5.10 Å². The maximum Gasteiger partial charge on any atom is 0.277 e. The molecule has 41 heavy (non-hydrogen) atoms. The summed E-state index contributed by atoms with van der Waals surface area (Å²) in [5.74, 6) is 1.30. The van der Waals surface area contributed by atoms with Crippen molar-refractivity contribution >= 4 is 28.3 Å². The van der Waals surface area contributed by atoms with Gasteiger partial charge in [-0.1, -0.05) is 32.4 Å². The fourth-order valence-corrected chi connectivity index (χ4v) is 6.08. The van der Waals surface area contributed by atoms with Crippen LogP contribution in [-0.2, 0) is 24.7 Å². The number of aromatic nitrogens is 4. The number of nitrogens with zero attached hydrogens (tertiary/aromatic N) is 5. The van der Waals surface area contributed by atoms with Gasteiger partial charge in [-0.25, -0.2) is 9.83 Å². The van der Waals surface area contributed by atoms with Crippen molar-refractivity contribution in [2.75, 3.05) is 11.5 Å². The summed E-state index contributed by atoms with van der Waals surface area (Å²) in [6.07, 6.45) is 3.59. The number of carbonyl (C=O) groups excluding carboxylic acids is 1. The summed E-state index contributed by atoms with van der Waals surface area (Å²) in [5.41, 5.74) is 5.72. The summed E-state index contributed by atoms with van der Waals surface area (Å²) in [6, 6.07) is 11.6. The molecule has 2 aromatic heterocycles. The lowest BCUT2D eigenvalue weighted by molar-refractivity contribution is -0.117. The van der Waals surface area contributed by atoms with Crippen molar-refractivity contribution in [3.8, 4) is 17.1 Å². The number of amides is 1. The van der Waals surface area contributed by atoms with Crippen LogP contribution in [0.5, 0.6) is 5.75 Å². The van der Waals surface area contributed by atoms with Gasteiger partial charge < -0.3 is 14.6 Å². The molecule has 2 atom stereocenters. The fourth-order valence-electron chi connectivity index (χ4n) is 6.08. The Bertz CT molecular complexity index is 1710. The van der Waals surface area contributed by atoms with Crippen molar-refractivity contribution in [3.63, 3.8) is 0 Å². The highest BCUT2D eigenvalue weighted by atomic mass is 16.5. The molecule has 1 aliphatic rings. The molecule has 212 valence electrons. The molecule has 1 saturated heterocycles. The lowest BCUT2D eigenvalue weighted by Gasteiger charge is -2.28. The number of rotatable bonds is 9. The van der Waals surface area contributed by atoms with Crippen molar-refractivity contribution in [2.45, 2.75) is 65.8 Å². The van der Waals surface area contributed by atoms with Gasteiger partial charge in [-0.15, -0.1) is 0 Å². The molecule has 0 unspecified atom stereocenters. The van der Waals surface area contributed by atoms with Crippen LogP contribution in [0.1, 0.15) is 56.9 Å². The molecule has 1 amide bonds. The largest absolute Gasteiger partial charge is 0.493 e. The van der Waals surface area contributed by atoms with E-state index in [0.29, 0.717) is 53.3 Å². The number of aryl methyl sites for hydroxylation is 3. The number of H-pyrrole nitrogens is 1. The van der Waals surface area contributed by atoms with Gasteiger partial charge >= 0.3 is 0 Å². The molecule has 1 fully saturated rings. The molecule has 0 bridgehead atoms. The first-order valence-electron chi connectivity index (χ1n) is 14.3. The third-order valence-electron chi connectivity index (χ3n) is 7.92. The number of hydrogen-bond acceptors (Lipinski definition) is 5. The Hall–Kier alpha value is -4.45. The van der Waals surface area contributed by atoms with E-state index in [-0.39, 0.29) is 23.4 Å². The van der Waals surface area contributed by atoms with E-state index in [9.17, 15) is 9.59 Å². The molecule has 1 aliphatic heterocycles. The molecule has 0 spiro atoms. The van der Waals surface area contributed by atoms with Gasteiger partial charge in [0.2, 0.25) is 5.91 Å². The summed E-state index contributed by atoms with van der Waals surface area (Å²) >= 11 is 0. The monoisotopic (exact) mass is 552 g/mol. The minimum Gasteiger partial charge on any atom is -0.493 e. The normalized spacial score (nSPS) is 16.9. The second-order valence-corrected chi connectivity index (χ2v) is 10.7. The molecule has 1 N–H and O–H groups in total. The van der Waals surface area contributed by atoms with Gasteiger partial charge in [0.25, 0.3) is 5.56 Å². The molecular weight excluding hydrogens is 516 g/mol.